The highest BCUT2D eigenvalue weighted by molar-refractivity contribution is 5.83. The van der Waals surface area contributed by atoms with E-state index in [-0.39, 0.29) is 5.41 Å². The first-order chi connectivity index (χ1) is 7.44. The Kier molecular flexibility index (Phi) is 4.74. The summed E-state index contributed by atoms with van der Waals surface area (Å²) in [4.78, 5) is 2.40. The van der Waals surface area contributed by atoms with Crippen LogP contribution in [0.15, 0.2) is 0 Å². The van der Waals surface area contributed by atoms with Crippen LogP contribution in [0.1, 0.15) is 33.6 Å². The van der Waals surface area contributed by atoms with E-state index in [0.29, 0.717) is 11.9 Å². The van der Waals surface area contributed by atoms with E-state index in [1.165, 1.54) is 0 Å². The van der Waals surface area contributed by atoms with Crippen molar-refractivity contribution < 1.29 is 4.74 Å². The SMILES string of the molecule is CC(C)OCCN1CCC(C)(C(=N)N)CC1. The Morgan fingerprint density at radius 3 is 2.44 bits per heavy atom. The molecule has 0 saturated carbocycles. The molecule has 1 saturated heterocycles. The van der Waals surface area contributed by atoms with Crippen molar-refractivity contribution in [3.63, 3.8) is 0 Å². The minimum atomic E-state index is -0.0740. The average molecular weight is 227 g/mol. The number of piperidine rings is 1. The molecule has 1 aliphatic heterocycles. The van der Waals surface area contributed by atoms with Gasteiger partial charge in [0, 0.05) is 12.0 Å². The van der Waals surface area contributed by atoms with Crippen LogP contribution < -0.4 is 5.73 Å². The highest BCUT2D eigenvalue weighted by atomic mass is 16.5. The van der Waals surface area contributed by atoms with Gasteiger partial charge in [0.2, 0.25) is 0 Å². The van der Waals surface area contributed by atoms with Crippen molar-refractivity contribution in [1.29, 1.82) is 5.41 Å². The number of nitrogens with one attached hydrogen (secondary N) is 1. The van der Waals surface area contributed by atoms with Gasteiger partial charge < -0.3 is 15.4 Å². The number of nitrogens with zero attached hydrogens (tertiary/aromatic N) is 1. The second-order valence-electron chi connectivity index (χ2n) is 5.24. The summed E-state index contributed by atoms with van der Waals surface area (Å²) in [6.45, 7) is 10.1. The van der Waals surface area contributed by atoms with Gasteiger partial charge in [-0.2, -0.15) is 0 Å². The monoisotopic (exact) mass is 227 g/mol. The molecule has 1 heterocycles. The van der Waals surface area contributed by atoms with E-state index in [2.05, 4.69) is 25.7 Å². The zero-order valence-corrected chi connectivity index (χ0v) is 10.8. The van der Waals surface area contributed by atoms with Gasteiger partial charge in [0.15, 0.2) is 0 Å². The van der Waals surface area contributed by atoms with Crippen LogP contribution in [0.2, 0.25) is 0 Å². The van der Waals surface area contributed by atoms with E-state index in [1.807, 2.05) is 0 Å². The van der Waals surface area contributed by atoms with Gasteiger partial charge >= 0.3 is 0 Å². The van der Waals surface area contributed by atoms with E-state index in [4.69, 9.17) is 15.9 Å². The van der Waals surface area contributed by atoms with Crippen molar-refractivity contribution in [1.82, 2.24) is 4.90 Å². The van der Waals surface area contributed by atoms with E-state index in [9.17, 15) is 0 Å². The summed E-state index contributed by atoms with van der Waals surface area (Å²) in [5, 5.41) is 7.58. The van der Waals surface area contributed by atoms with Crippen LogP contribution >= 0.6 is 0 Å². The van der Waals surface area contributed by atoms with Crippen molar-refractivity contribution in [2.24, 2.45) is 11.1 Å². The highest BCUT2D eigenvalue weighted by Gasteiger charge is 2.32. The normalized spacial score (nSPS) is 21.2. The van der Waals surface area contributed by atoms with Crippen molar-refractivity contribution in [3.8, 4) is 0 Å². The Labute approximate surface area is 98.6 Å². The molecule has 0 bridgehead atoms. The van der Waals surface area contributed by atoms with Crippen LogP contribution in [0.25, 0.3) is 0 Å². The molecule has 3 N–H and O–H groups in total. The number of hydrogen-bond acceptors (Lipinski definition) is 3. The minimum Gasteiger partial charge on any atom is -0.387 e. The highest BCUT2D eigenvalue weighted by Crippen LogP contribution is 2.30. The molecule has 0 amide bonds. The van der Waals surface area contributed by atoms with Gasteiger partial charge in [0.25, 0.3) is 0 Å². The molecule has 1 aliphatic rings. The zero-order chi connectivity index (χ0) is 12.2. The summed E-state index contributed by atoms with van der Waals surface area (Å²) in [5.74, 6) is 0.339. The number of hydrogen-bond donors (Lipinski definition) is 2. The Bertz CT molecular complexity index is 232. The Morgan fingerprint density at radius 1 is 1.44 bits per heavy atom. The number of likely N-dealkylation sites (tertiary alicyclic amines) is 1. The molecule has 1 fully saturated rings. The van der Waals surface area contributed by atoms with Crippen molar-refractivity contribution >= 4 is 5.84 Å². The van der Waals surface area contributed by atoms with Gasteiger partial charge in [-0.1, -0.05) is 6.92 Å². The van der Waals surface area contributed by atoms with E-state index in [1.54, 1.807) is 0 Å². The smallest absolute Gasteiger partial charge is 0.0966 e. The summed E-state index contributed by atoms with van der Waals surface area (Å²) in [6.07, 6.45) is 2.29. The molecule has 94 valence electrons. The maximum absolute atomic E-state index is 7.58. The van der Waals surface area contributed by atoms with Gasteiger partial charge in [-0.3, -0.25) is 5.41 Å². The standard InChI is InChI=1S/C12H25N3O/c1-10(2)16-9-8-15-6-4-12(3,5-7-15)11(13)14/h10H,4-9H2,1-3H3,(H3,13,14). The Hall–Kier alpha value is -0.610. The molecule has 16 heavy (non-hydrogen) atoms. The Morgan fingerprint density at radius 2 is 2.00 bits per heavy atom. The van der Waals surface area contributed by atoms with Gasteiger partial charge in [0.05, 0.1) is 18.5 Å². The first kappa shape index (κ1) is 13.5. The molecule has 0 spiro atoms. The number of nitrogens with two attached hydrogens (primary N) is 1. The molecule has 1 rings (SSSR count). The second-order valence-corrected chi connectivity index (χ2v) is 5.24. The second kappa shape index (κ2) is 5.64. The van der Waals surface area contributed by atoms with E-state index >= 15 is 0 Å². The van der Waals surface area contributed by atoms with Crippen LogP contribution in [0.5, 0.6) is 0 Å². The molecule has 0 aromatic carbocycles. The van der Waals surface area contributed by atoms with Crippen LogP contribution in [0, 0.1) is 10.8 Å². The predicted octanol–water partition coefficient (Wildman–Crippen LogP) is 1.45. The molecule has 0 unspecified atom stereocenters. The largest absolute Gasteiger partial charge is 0.387 e. The third kappa shape index (κ3) is 3.76. The first-order valence-corrected chi connectivity index (χ1v) is 6.12. The van der Waals surface area contributed by atoms with Crippen LogP contribution in [0.3, 0.4) is 0 Å². The number of rotatable bonds is 5. The summed E-state index contributed by atoms with van der Waals surface area (Å²) >= 11 is 0. The molecular formula is C12H25N3O. The molecule has 4 heteroatoms. The summed E-state index contributed by atoms with van der Waals surface area (Å²) < 4.78 is 5.54. The third-order valence-electron chi connectivity index (χ3n) is 3.47. The Balaban J connectivity index is 2.24. The van der Waals surface area contributed by atoms with Gasteiger partial charge in [-0.15, -0.1) is 0 Å². The fourth-order valence-corrected chi connectivity index (χ4v) is 1.96. The lowest BCUT2D eigenvalue weighted by atomic mass is 9.79. The van der Waals surface area contributed by atoms with Crippen LogP contribution in [0.4, 0.5) is 0 Å². The van der Waals surface area contributed by atoms with E-state index in [0.717, 1.165) is 39.1 Å². The third-order valence-corrected chi connectivity index (χ3v) is 3.47. The van der Waals surface area contributed by atoms with Crippen LogP contribution in [-0.4, -0.2) is 43.1 Å². The molecule has 0 radical (unpaired) electrons. The molecule has 4 nitrogen and oxygen atoms in total. The van der Waals surface area contributed by atoms with Crippen molar-refractivity contribution in [2.75, 3.05) is 26.2 Å². The lowest BCUT2D eigenvalue weighted by molar-refractivity contribution is 0.0480. The maximum atomic E-state index is 7.58. The maximum Gasteiger partial charge on any atom is 0.0966 e. The zero-order valence-electron chi connectivity index (χ0n) is 10.8. The summed E-state index contributed by atoms with van der Waals surface area (Å²) in [6, 6.07) is 0. The van der Waals surface area contributed by atoms with Crippen molar-refractivity contribution in [3.05, 3.63) is 0 Å². The number of ether oxygens (including phenoxy) is 1. The summed E-state index contributed by atoms with van der Waals surface area (Å²) in [5.41, 5.74) is 5.55. The predicted molar refractivity (Wildman–Crippen MR) is 66.8 cm³/mol. The molecule has 0 aromatic heterocycles. The topological polar surface area (TPSA) is 62.3 Å². The first-order valence-electron chi connectivity index (χ1n) is 6.12. The van der Waals surface area contributed by atoms with Gasteiger partial charge in [-0.05, 0) is 39.8 Å². The lowest BCUT2D eigenvalue weighted by Crippen LogP contribution is -2.46. The lowest BCUT2D eigenvalue weighted by Gasteiger charge is -2.38. The average Bonchev–Trinajstić information content (AvgIpc) is 2.20. The van der Waals surface area contributed by atoms with E-state index < -0.39 is 0 Å². The fraction of sp³-hybridized carbons (Fsp3) is 0.917. The molecular weight excluding hydrogens is 202 g/mol. The van der Waals surface area contributed by atoms with Gasteiger partial charge in [-0.25, -0.2) is 0 Å². The van der Waals surface area contributed by atoms with Crippen LogP contribution in [-0.2, 0) is 4.74 Å². The number of amidine groups is 1. The fourth-order valence-electron chi connectivity index (χ4n) is 1.96. The van der Waals surface area contributed by atoms with Crippen molar-refractivity contribution in [2.45, 2.75) is 39.7 Å². The minimum absolute atomic E-state index is 0.0740. The molecule has 0 aliphatic carbocycles. The molecule has 0 atom stereocenters. The quantitative estimate of drug-likeness (QED) is 0.552. The van der Waals surface area contributed by atoms with Gasteiger partial charge in [0.1, 0.15) is 0 Å². The molecule has 0 aromatic rings. The summed E-state index contributed by atoms with van der Waals surface area (Å²) in [7, 11) is 0.